The number of carbonyl (C=O) groups excluding carboxylic acids is 1. The van der Waals surface area contributed by atoms with E-state index in [1.165, 1.54) is 0 Å². The molecule has 8 heteroatoms. The Hall–Kier alpha value is -2.87. The first-order valence-electron chi connectivity index (χ1n) is 11.0. The second-order valence-electron chi connectivity index (χ2n) is 8.65. The molecule has 2 saturated heterocycles. The van der Waals surface area contributed by atoms with Crippen molar-refractivity contribution < 1.29 is 4.79 Å². The summed E-state index contributed by atoms with van der Waals surface area (Å²) < 4.78 is 0. The number of carbonyl (C=O) groups is 1. The minimum Gasteiger partial charge on any atom is -0.378 e. The van der Waals surface area contributed by atoms with Crippen LogP contribution in [0, 0.1) is 6.92 Å². The van der Waals surface area contributed by atoms with Crippen molar-refractivity contribution in [3.8, 4) is 0 Å². The summed E-state index contributed by atoms with van der Waals surface area (Å²) in [6, 6.07) is 9.94. The lowest BCUT2D eigenvalue weighted by Gasteiger charge is -2.37. The molecule has 1 aromatic carbocycles. The number of piperazine rings is 2. The number of aromatic nitrogens is 2. The number of rotatable bonds is 4. The molecule has 0 bridgehead atoms. The summed E-state index contributed by atoms with van der Waals surface area (Å²) >= 11 is 0. The molecule has 2 aliphatic heterocycles. The highest BCUT2D eigenvalue weighted by molar-refractivity contribution is 5.95. The number of nitrogens with zero attached hydrogens (tertiary/aromatic N) is 7. The number of hydrogen-bond donors (Lipinski definition) is 0. The van der Waals surface area contributed by atoms with Crippen LogP contribution < -0.4 is 14.7 Å². The van der Waals surface area contributed by atoms with Crippen LogP contribution in [0.5, 0.6) is 0 Å². The summed E-state index contributed by atoms with van der Waals surface area (Å²) in [6.45, 7) is 8.97. The Morgan fingerprint density at radius 3 is 2.03 bits per heavy atom. The fourth-order valence-electron chi connectivity index (χ4n) is 4.13. The highest BCUT2D eigenvalue weighted by Gasteiger charge is 2.24. The van der Waals surface area contributed by atoms with Crippen LogP contribution in [0.2, 0.25) is 0 Å². The molecule has 2 aliphatic rings. The van der Waals surface area contributed by atoms with Crippen molar-refractivity contribution in [2.75, 3.05) is 88.2 Å². The summed E-state index contributed by atoms with van der Waals surface area (Å²) in [5.74, 6) is 2.86. The minimum absolute atomic E-state index is 0.0975. The molecule has 0 saturated carbocycles. The molecule has 1 aromatic heterocycles. The van der Waals surface area contributed by atoms with Crippen LogP contribution in [0.3, 0.4) is 0 Å². The molecule has 0 unspecified atom stereocenters. The standard InChI is InChI=1S/C23H33N7O/c1-18-24-21(28-10-8-27(4)9-11-28)17-22(25-18)29-12-14-30(15-13-29)23(31)19-6-5-7-20(16-19)26(2)3/h5-7,16-17H,8-15H2,1-4H3. The van der Waals surface area contributed by atoms with E-state index in [0.29, 0.717) is 13.1 Å². The average Bonchev–Trinajstić information content (AvgIpc) is 2.79. The third-order valence-corrected chi connectivity index (χ3v) is 6.14. The minimum atomic E-state index is 0.0975. The van der Waals surface area contributed by atoms with Gasteiger partial charge in [0.15, 0.2) is 0 Å². The Morgan fingerprint density at radius 1 is 0.871 bits per heavy atom. The van der Waals surface area contributed by atoms with Gasteiger partial charge in [0.05, 0.1) is 0 Å². The van der Waals surface area contributed by atoms with E-state index in [4.69, 9.17) is 4.98 Å². The number of benzene rings is 1. The Morgan fingerprint density at radius 2 is 1.45 bits per heavy atom. The number of amides is 1. The van der Waals surface area contributed by atoms with Crippen molar-refractivity contribution in [2.24, 2.45) is 0 Å². The van der Waals surface area contributed by atoms with Gasteiger partial charge in [-0.05, 0) is 32.2 Å². The van der Waals surface area contributed by atoms with Crippen LogP contribution in [0.15, 0.2) is 30.3 Å². The second-order valence-corrected chi connectivity index (χ2v) is 8.65. The number of aryl methyl sites for hydroxylation is 1. The smallest absolute Gasteiger partial charge is 0.254 e. The lowest BCUT2D eigenvalue weighted by atomic mass is 10.1. The van der Waals surface area contributed by atoms with Crippen LogP contribution in [0.4, 0.5) is 17.3 Å². The van der Waals surface area contributed by atoms with Crippen LogP contribution >= 0.6 is 0 Å². The molecular weight excluding hydrogens is 390 g/mol. The van der Waals surface area contributed by atoms with E-state index in [0.717, 1.165) is 68.0 Å². The lowest BCUT2D eigenvalue weighted by Crippen LogP contribution is -2.49. The monoisotopic (exact) mass is 423 g/mol. The Balaban J connectivity index is 1.42. The third-order valence-electron chi connectivity index (χ3n) is 6.14. The maximum atomic E-state index is 13.0. The topological polar surface area (TPSA) is 59.1 Å². The molecule has 0 radical (unpaired) electrons. The van der Waals surface area contributed by atoms with Crippen molar-refractivity contribution in [3.05, 3.63) is 41.7 Å². The first kappa shape index (κ1) is 21.4. The molecule has 0 N–H and O–H groups in total. The molecule has 0 aliphatic carbocycles. The van der Waals surface area contributed by atoms with Gasteiger partial charge in [-0.1, -0.05) is 6.07 Å². The van der Waals surface area contributed by atoms with Crippen molar-refractivity contribution in [2.45, 2.75) is 6.92 Å². The van der Waals surface area contributed by atoms with Gasteiger partial charge in [0.25, 0.3) is 5.91 Å². The number of likely N-dealkylation sites (N-methyl/N-ethyl adjacent to an activating group) is 1. The second kappa shape index (κ2) is 9.09. The van der Waals surface area contributed by atoms with E-state index in [9.17, 15) is 4.79 Å². The fraction of sp³-hybridized carbons (Fsp3) is 0.522. The molecular formula is C23H33N7O. The van der Waals surface area contributed by atoms with E-state index >= 15 is 0 Å². The first-order valence-corrected chi connectivity index (χ1v) is 11.0. The number of anilines is 3. The van der Waals surface area contributed by atoms with Gasteiger partial charge in [-0.3, -0.25) is 4.79 Å². The van der Waals surface area contributed by atoms with Gasteiger partial charge in [-0.15, -0.1) is 0 Å². The molecule has 0 spiro atoms. The maximum absolute atomic E-state index is 13.0. The predicted molar refractivity (Wildman–Crippen MR) is 125 cm³/mol. The van der Waals surface area contributed by atoms with E-state index in [1.807, 2.05) is 55.1 Å². The first-order chi connectivity index (χ1) is 14.9. The quantitative estimate of drug-likeness (QED) is 0.740. The maximum Gasteiger partial charge on any atom is 0.254 e. The van der Waals surface area contributed by atoms with Crippen molar-refractivity contribution in [1.29, 1.82) is 0 Å². The molecule has 8 nitrogen and oxygen atoms in total. The van der Waals surface area contributed by atoms with E-state index in [-0.39, 0.29) is 5.91 Å². The molecule has 3 heterocycles. The van der Waals surface area contributed by atoms with Crippen molar-refractivity contribution in [3.63, 3.8) is 0 Å². The van der Waals surface area contributed by atoms with E-state index < -0.39 is 0 Å². The summed E-state index contributed by atoms with van der Waals surface area (Å²) in [5, 5.41) is 0. The van der Waals surface area contributed by atoms with Gasteiger partial charge in [0.1, 0.15) is 17.5 Å². The average molecular weight is 424 g/mol. The molecule has 31 heavy (non-hydrogen) atoms. The third kappa shape index (κ3) is 4.90. The largest absolute Gasteiger partial charge is 0.378 e. The van der Waals surface area contributed by atoms with Crippen LogP contribution in [-0.2, 0) is 0 Å². The molecule has 166 valence electrons. The van der Waals surface area contributed by atoms with Gasteiger partial charge in [0, 0.05) is 83.8 Å². The zero-order valence-corrected chi connectivity index (χ0v) is 19.1. The summed E-state index contributed by atoms with van der Waals surface area (Å²) in [5.41, 5.74) is 1.78. The zero-order chi connectivity index (χ0) is 22.0. The molecule has 2 fully saturated rings. The normalized spacial score (nSPS) is 17.7. The van der Waals surface area contributed by atoms with Gasteiger partial charge in [-0.25, -0.2) is 9.97 Å². The molecule has 1 amide bonds. The molecule has 2 aromatic rings. The number of hydrogen-bond acceptors (Lipinski definition) is 7. The van der Waals surface area contributed by atoms with Crippen LogP contribution in [-0.4, -0.2) is 99.2 Å². The highest BCUT2D eigenvalue weighted by Crippen LogP contribution is 2.22. The fourth-order valence-corrected chi connectivity index (χ4v) is 4.13. The Labute approximate surface area is 185 Å². The summed E-state index contributed by atoms with van der Waals surface area (Å²) in [6.07, 6.45) is 0. The SMILES string of the molecule is Cc1nc(N2CCN(C)CC2)cc(N2CCN(C(=O)c3cccc(N(C)C)c3)CC2)n1. The molecule has 4 rings (SSSR count). The zero-order valence-electron chi connectivity index (χ0n) is 19.1. The van der Waals surface area contributed by atoms with Crippen LogP contribution in [0.25, 0.3) is 0 Å². The van der Waals surface area contributed by atoms with E-state index in [2.05, 4.69) is 32.8 Å². The Bertz CT molecular complexity index is 916. The van der Waals surface area contributed by atoms with Gasteiger partial charge in [-0.2, -0.15) is 0 Å². The lowest BCUT2D eigenvalue weighted by molar-refractivity contribution is 0.0746. The van der Waals surface area contributed by atoms with Crippen molar-refractivity contribution >= 4 is 23.2 Å². The van der Waals surface area contributed by atoms with Gasteiger partial charge in [0.2, 0.25) is 0 Å². The summed E-state index contributed by atoms with van der Waals surface area (Å²) in [4.78, 5) is 33.3. The van der Waals surface area contributed by atoms with Crippen molar-refractivity contribution in [1.82, 2.24) is 19.8 Å². The Kier molecular flexibility index (Phi) is 6.27. The highest BCUT2D eigenvalue weighted by atomic mass is 16.2. The van der Waals surface area contributed by atoms with Crippen LogP contribution in [0.1, 0.15) is 16.2 Å². The molecule has 0 atom stereocenters. The predicted octanol–water partition coefficient (Wildman–Crippen LogP) is 1.57. The summed E-state index contributed by atoms with van der Waals surface area (Å²) in [7, 11) is 6.14. The van der Waals surface area contributed by atoms with E-state index in [1.54, 1.807) is 0 Å². The van der Waals surface area contributed by atoms with Gasteiger partial charge < -0.3 is 24.5 Å². The van der Waals surface area contributed by atoms with Gasteiger partial charge >= 0.3 is 0 Å².